The highest BCUT2D eigenvalue weighted by molar-refractivity contribution is 14.1. The Morgan fingerprint density at radius 3 is 3.00 bits per heavy atom. The summed E-state index contributed by atoms with van der Waals surface area (Å²) in [6.07, 6.45) is 8.15. The Kier molecular flexibility index (Phi) is 5.52. The van der Waals surface area contributed by atoms with Gasteiger partial charge in [0.25, 0.3) is 0 Å². The summed E-state index contributed by atoms with van der Waals surface area (Å²) in [5, 5.41) is 4.02. The van der Waals surface area contributed by atoms with Gasteiger partial charge in [-0.2, -0.15) is 0 Å². The molecule has 0 aliphatic heterocycles. The molecule has 1 aromatic heterocycles. The van der Waals surface area contributed by atoms with E-state index < -0.39 is 0 Å². The van der Waals surface area contributed by atoms with Crippen LogP contribution in [0.2, 0.25) is 0 Å². The molecule has 2 rings (SSSR count). The van der Waals surface area contributed by atoms with E-state index in [0.717, 1.165) is 33.0 Å². The van der Waals surface area contributed by atoms with Gasteiger partial charge in [-0.3, -0.25) is 9.78 Å². The predicted molar refractivity (Wildman–Crippen MR) is 91.8 cm³/mol. The smallest absolute Gasteiger partial charge is 0.224 e. The minimum Gasteiger partial charge on any atom is -0.324 e. The van der Waals surface area contributed by atoms with Crippen molar-refractivity contribution in [2.24, 2.45) is 0 Å². The molecule has 0 bridgehead atoms. The quantitative estimate of drug-likeness (QED) is 0.612. The fourth-order valence-corrected chi connectivity index (χ4v) is 2.57. The fraction of sp³-hybridized carbons (Fsp3) is 0.250. The Morgan fingerprint density at radius 1 is 1.35 bits per heavy atom. The summed E-state index contributed by atoms with van der Waals surface area (Å²) in [5.41, 5.74) is 1.63. The molecule has 0 saturated heterocycles. The van der Waals surface area contributed by atoms with Gasteiger partial charge in [0.2, 0.25) is 5.91 Å². The van der Waals surface area contributed by atoms with E-state index in [9.17, 15) is 4.79 Å². The zero-order valence-electron chi connectivity index (χ0n) is 11.4. The van der Waals surface area contributed by atoms with Gasteiger partial charge in [0.05, 0.1) is 11.2 Å². The van der Waals surface area contributed by atoms with Crippen LogP contribution in [-0.2, 0) is 4.79 Å². The molecule has 1 amide bonds. The van der Waals surface area contributed by atoms with Crippen LogP contribution < -0.4 is 5.32 Å². The zero-order chi connectivity index (χ0) is 14.4. The highest BCUT2D eigenvalue weighted by Crippen LogP contribution is 2.25. The van der Waals surface area contributed by atoms with E-state index in [0.29, 0.717) is 6.42 Å². The highest BCUT2D eigenvalue weighted by Gasteiger charge is 2.08. The SMILES string of the molecule is CCC=CCCC(=O)Nc1ccc(I)c2cccnc12. The number of nitrogens with zero attached hydrogens (tertiary/aromatic N) is 1. The van der Waals surface area contributed by atoms with Crippen LogP contribution in [0.25, 0.3) is 10.9 Å². The third-order valence-electron chi connectivity index (χ3n) is 2.93. The van der Waals surface area contributed by atoms with Crippen molar-refractivity contribution >= 4 is 45.1 Å². The van der Waals surface area contributed by atoms with E-state index >= 15 is 0 Å². The Bertz CT molecular complexity index is 637. The molecule has 1 N–H and O–H groups in total. The number of pyridine rings is 1. The summed E-state index contributed by atoms with van der Waals surface area (Å²) in [6.45, 7) is 2.08. The summed E-state index contributed by atoms with van der Waals surface area (Å²) < 4.78 is 1.13. The number of allylic oxidation sites excluding steroid dienone is 2. The zero-order valence-corrected chi connectivity index (χ0v) is 13.6. The van der Waals surface area contributed by atoms with Gasteiger partial charge in [-0.05, 0) is 53.6 Å². The summed E-state index contributed by atoms with van der Waals surface area (Å²) >= 11 is 2.28. The van der Waals surface area contributed by atoms with Crippen molar-refractivity contribution in [2.45, 2.75) is 26.2 Å². The van der Waals surface area contributed by atoms with Crippen molar-refractivity contribution in [2.75, 3.05) is 5.32 Å². The molecular weight excluding hydrogens is 363 g/mol. The van der Waals surface area contributed by atoms with Crippen LogP contribution >= 0.6 is 22.6 Å². The molecule has 20 heavy (non-hydrogen) atoms. The lowest BCUT2D eigenvalue weighted by atomic mass is 10.2. The Hall–Kier alpha value is -1.43. The van der Waals surface area contributed by atoms with Crippen LogP contribution in [0.1, 0.15) is 26.2 Å². The van der Waals surface area contributed by atoms with Crippen molar-refractivity contribution in [1.29, 1.82) is 0 Å². The third-order valence-corrected chi connectivity index (χ3v) is 3.87. The van der Waals surface area contributed by atoms with Gasteiger partial charge in [-0.15, -0.1) is 0 Å². The molecule has 0 radical (unpaired) electrons. The summed E-state index contributed by atoms with van der Waals surface area (Å²) in [7, 11) is 0. The lowest BCUT2D eigenvalue weighted by Crippen LogP contribution is -2.11. The number of fused-ring (bicyclic) bond motifs is 1. The Morgan fingerprint density at radius 2 is 2.20 bits per heavy atom. The number of carbonyl (C=O) groups is 1. The molecule has 0 aliphatic rings. The van der Waals surface area contributed by atoms with Gasteiger partial charge in [-0.25, -0.2) is 0 Å². The van der Waals surface area contributed by atoms with Crippen LogP contribution in [0.5, 0.6) is 0 Å². The molecule has 0 fully saturated rings. The number of hydrogen-bond acceptors (Lipinski definition) is 2. The topological polar surface area (TPSA) is 42.0 Å². The third kappa shape index (κ3) is 3.79. The first kappa shape index (κ1) is 15.0. The minimum absolute atomic E-state index is 0.0268. The lowest BCUT2D eigenvalue weighted by molar-refractivity contribution is -0.116. The second-order valence-electron chi connectivity index (χ2n) is 4.46. The van der Waals surface area contributed by atoms with Crippen molar-refractivity contribution in [3.8, 4) is 0 Å². The molecule has 2 aromatic rings. The van der Waals surface area contributed by atoms with Crippen LogP contribution in [0.15, 0.2) is 42.6 Å². The number of anilines is 1. The number of amides is 1. The normalized spacial score (nSPS) is 11.1. The second-order valence-corrected chi connectivity index (χ2v) is 5.62. The number of nitrogens with one attached hydrogen (secondary N) is 1. The first-order valence-electron chi connectivity index (χ1n) is 6.70. The number of carbonyl (C=O) groups excluding carboxylic acids is 1. The van der Waals surface area contributed by atoms with Crippen LogP contribution in [0, 0.1) is 3.57 Å². The van der Waals surface area contributed by atoms with E-state index in [-0.39, 0.29) is 5.91 Å². The van der Waals surface area contributed by atoms with Gasteiger partial charge in [-0.1, -0.05) is 25.1 Å². The van der Waals surface area contributed by atoms with E-state index in [2.05, 4.69) is 45.9 Å². The van der Waals surface area contributed by atoms with Gasteiger partial charge in [0.15, 0.2) is 0 Å². The van der Waals surface area contributed by atoms with Gasteiger partial charge in [0.1, 0.15) is 0 Å². The number of hydrogen-bond donors (Lipinski definition) is 1. The summed E-state index contributed by atoms with van der Waals surface area (Å²) in [5.74, 6) is 0.0268. The summed E-state index contributed by atoms with van der Waals surface area (Å²) in [4.78, 5) is 16.3. The average Bonchev–Trinajstić information content (AvgIpc) is 2.47. The molecule has 1 heterocycles. The standard InChI is InChI=1S/C16H17IN2O/c1-2-3-4-5-8-15(20)19-14-10-9-13(17)12-7-6-11-18-16(12)14/h3-4,6-7,9-11H,2,5,8H2,1H3,(H,19,20). The Balaban J connectivity index is 2.12. The van der Waals surface area contributed by atoms with Gasteiger partial charge < -0.3 is 5.32 Å². The van der Waals surface area contributed by atoms with Crippen molar-refractivity contribution in [1.82, 2.24) is 4.98 Å². The Labute approximate surface area is 132 Å². The largest absolute Gasteiger partial charge is 0.324 e. The molecule has 0 unspecified atom stereocenters. The molecule has 1 aromatic carbocycles. The maximum atomic E-state index is 11.9. The minimum atomic E-state index is 0.0268. The number of rotatable bonds is 5. The second kappa shape index (κ2) is 7.38. The molecular formula is C16H17IN2O. The fourth-order valence-electron chi connectivity index (χ4n) is 1.95. The first-order chi connectivity index (χ1) is 9.72. The number of aromatic nitrogens is 1. The first-order valence-corrected chi connectivity index (χ1v) is 7.78. The van der Waals surface area contributed by atoms with Crippen LogP contribution in [0.3, 0.4) is 0 Å². The van der Waals surface area contributed by atoms with Gasteiger partial charge >= 0.3 is 0 Å². The lowest BCUT2D eigenvalue weighted by Gasteiger charge is -2.08. The highest BCUT2D eigenvalue weighted by atomic mass is 127. The van der Waals surface area contributed by atoms with Gasteiger partial charge in [0, 0.05) is 21.6 Å². The molecule has 0 aliphatic carbocycles. The van der Waals surface area contributed by atoms with E-state index in [4.69, 9.17) is 0 Å². The van der Waals surface area contributed by atoms with Crippen LogP contribution in [-0.4, -0.2) is 10.9 Å². The van der Waals surface area contributed by atoms with Crippen molar-refractivity contribution < 1.29 is 4.79 Å². The molecule has 0 saturated carbocycles. The monoisotopic (exact) mass is 380 g/mol. The molecule has 4 heteroatoms. The molecule has 0 atom stereocenters. The maximum absolute atomic E-state index is 11.9. The number of benzene rings is 1. The summed E-state index contributed by atoms with van der Waals surface area (Å²) in [6, 6.07) is 7.84. The van der Waals surface area contributed by atoms with E-state index in [1.165, 1.54) is 0 Å². The molecule has 104 valence electrons. The number of halogens is 1. The van der Waals surface area contributed by atoms with E-state index in [1.54, 1.807) is 6.20 Å². The van der Waals surface area contributed by atoms with E-state index in [1.807, 2.05) is 30.3 Å². The van der Waals surface area contributed by atoms with Crippen molar-refractivity contribution in [3.05, 3.63) is 46.2 Å². The molecule has 0 spiro atoms. The van der Waals surface area contributed by atoms with Crippen molar-refractivity contribution in [3.63, 3.8) is 0 Å². The maximum Gasteiger partial charge on any atom is 0.224 e. The average molecular weight is 380 g/mol. The van der Waals surface area contributed by atoms with Crippen LogP contribution in [0.4, 0.5) is 5.69 Å². The predicted octanol–water partition coefficient (Wildman–Crippen LogP) is 4.52. The molecule has 3 nitrogen and oxygen atoms in total.